The largest absolute Gasteiger partial charge is 0.353 e. The predicted octanol–water partition coefficient (Wildman–Crippen LogP) is 5.03. The Morgan fingerprint density at radius 1 is 0.769 bits per heavy atom. The first-order valence-electron chi connectivity index (χ1n) is 7.87. The molecule has 0 aliphatic carbocycles. The van der Waals surface area contributed by atoms with Crippen LogP contribution >= 0.6 is 0 Å². The first-order chi connectivity index (χ1) is 12.5. The molecule has 1 amide bonds. The number of hydrogen-bond donors (Lipinski definition) is 2. The maximum atomic E-state index is 13.7. The number of hydrogen-bond acceptors (Lipinski definition) is 2. The number of amides is 1. The third-order valence-corrected chi connectivity index (χ3v) is 3.69. The van der Waals surface area contributed by atoms with Crippen LogP contribution in [0.5, 0.6) is 0 Å². The van der Waals surface area contributed by atoms with Crippen molar-refractivity contribution in [2.24, 2.45) is 0 Å². The first kappa shape index (κ1) is 17.5. The maximum absolute atomic E-state index is 13.7. The van der Waals surface area contributed by atoms with Crippen molar-refractivity contribution < 1.29 is 18.0 Å². The van der Waals surface area contributed by atoms with Gasteiger partial charge >= 0.3 is 0 Å². The van der Waals surface area contributed by atoms with E-state index in [9.17, 15) is 18.0 Å². The van der Waals surface area contributed by atoms with Gasteiger partial charge in [0, 0.05) is 11.4 Å². The highest BCUT2D eigenvalue weighted by Gasteiger charge is 2.13. The van der Waals surface area contributed by atoms with Crippen LogP contribution in [0.2, 0.25) is 0 Å². The van der Waals surface area contributed by atoms with E-state index in [0.717, 1.165) is 17.7 Å². The molecule has 0 aliphatic rings. The quantitative estimate of drug-likeness (QED) is 0.630. The molecule has 3 aromatic rings. The highest BCUT2D eigenvalue weighted by atomic mass is 19.2. The molecule has 0 atom stereocenters. The number of rotatable bonds is 5. The van der Waals surface area contributed by atoms with Gasteiger partial charge in [0.05, 0.1) is 12.1 Å². The Balaban J connectivity index is 1.63. The minimum atomic E-state index is -1.53. The lowest BCUT2D eigenvalue weighted by Gasteiger charge is -2.10. The van der Waals surface area contributed by atoms with Crippen molar-refractivity contribution in [1.82, 2.24) is 0 Å². The van der Waals surface area contributed by atoms with Crippen LogP contribution in [0, 0.1) is 17.5 Å². The molecule has 0 bridgehead atoms. The van der Waals surface area contributed by atoms with Crippen LogP contribution in [0.1, 0.15) is 5.56 Å². The van der Waals surface area contributed by atoms with Crippen molar-refractivity contribution in [2.45, 2.75) is 6.42 Å². The standard InChI is InChI=1S/C20H15F3N2O/c21-16-10-11-17(20(23)19(16)22)24-14-6-8-15(9-7-14)25-18(26)12-13-4-2-1-3-5-13/h1-11,24H,12H2,(H,25,26). The molecule has 6 heteroatoms. The number of benzene rings is 3. The van der Waals surface area contributed by atoms with E-state index in [1.54, 1.807) is 24.3 Å². The average Bonchev–Trinajstić information content (AvgIpc) is 2.64. The van der Waals surface area contributed by atoms with Gasteiger partial charge in [-0.2, -0.15) is 0 Å². The summed E-state index contributed by atoms with van der Waals surface area (Å²) in [6.45, 7) is 0. The van der Waals surface area contributed by atoms with E-state index >= 15 is 0 Å². The van der Waals surface area contributed by atoms with Crippen molar-refractivity contribution in [3.8, 4) is 0 Å². The second-order valence-electron chi connectivity index (χ2n) is 5.64. The average molecular weight is 356 g/mol. The van der Waals surface area contributed by atoms with Crippen molar-refractivity contribution >= 4 is 23.0 Å². The van der Waals surface area contributed by atoms with Crippen LogP contribution in [-0.2, 0) is 11.2 Å². The van der Waals surface area contributed by atoms with Gasteiger partial charge in [0.1, 0.15) is 0 Å². The fourth-order valence-corrected chi connectivity index (χ4v) is 2.40. The summed E-state index contributed by atoms with van der Waals surface area (Å²) in [5.41, 5.74) is 1.76. The topological polar surface area (TPSA) is 41.1 Å². The predicted molar refractivity (Wildman–Crippen MR) is 94.8 cm³/mol. The summed E-state index contributed by atoms with van der Waals surface area (Å²) in [6.07, 6.45) is 0.251. The molecule has 2 N–H and O–H groups in total. The van der Waals surface area contributed by atoms with Gasteiger partial charge in [0.2, 0.25) is 5.91 Å². The lowest BCUT2D eigenvalue weighted by molar-refractivity contribution is -0.115. The molecule has 26 heavy (non-hydrogen) atoms. The van der Waals surface area contributed by atoms with Crippen LogP contribution in [-0.4, -0.2) is 5.91 Å². The Hall–Kier alpha value is -3.28. The maximum Gasteiger partial charge on any atom is 0.228 e. The summed E-state index contributed by atoms with van der Waals surface area (Å²) in [5.74, 6) is -4.22. The summed E-state index contributed by atoms with van der Waals surface area (Å²) < 4.78 is 39.9. The molecule has 0 spiro atoms. The lowest BCUT2D eigenvalue weighted by atomic mass is 10.1. The van der Waals surface area contributed by atoms with E-state index in [0.29, 0.717) is 11.4 Å². The molecule has 0 saturated heterocycles. The van der Waals surface area contributed by atoms with Crippen LogP contribution in [0.15, 0.2) is 66.7 Å². The molecule has 0 radical (unpaired) electrons. The second kappa shape index (κ2) is 7.74. The van der Waals surface area contributed by atoms with Crippen LogP contribution < -0.4 is 10.6 Å². The number of carbonyl (C=O) groups is 1. The van der Waals surface area contributed by atoms with E-state index in [4.69, 9.17) is 0 Å². The van der Waals surface area contributed by atoms with E-state index in [2.05, 4.69) is 10.6 Å². The molecule has 0 heterocycles. The van der Waals surface area contributed by atoms with Gasteiger partial charge in [-0.25, -0.2) is 13.2 Å². The Morgan fingerprint density at radius 3 is 2.12 bits per heavy atom. The van der Waals surface area contributed by atoms with Gasteiger partial charge in [0.15, 0.2) is 17.5 Å². The van der Waals surface area contributed by atoms with Crippen LogP contribution in [0.25, 0.3) is 0 Å². The fourth-order valence-electron chi connectivity index (χ4n) is 2.40. The minimum absolute atomic E-state index is 0.163. The third-order valence-electron chi connectivity index (χ3n) is 3.69. The molecule has 3 rings (SSSR count). The van der Waals surface area contributed by atoms with Gasteiger partial charge in [-0.15, -0.1) is 0 Å². The van der Waals surface area contributed by atoms with E-state index in [1.165, 1.54) is 0 Å². The summed E-state index contributed by atoms with van der Waals surface area (Å²) in [7, 11) is 0. The van der Waals surface area contributed by atoms with Crippen molar-refractivity contribution in [3.05, 3.63) is 89.7 Å². The van der Waals surface area contributed by atoms with Gasteiger partial charge in [-0.05, 0) is 42.0 Å². The molecule has 0 fully saturated rings. The molecule has 3 nitrogen and oxygen atoms in total. The second-order valence-corrected chi connectivity index (χ2v) is 5.64. The van der Waals surface area contributed by atoms with E-state index in [-0.39, 0.29) is 18.0 Å². The highest BCUT2D eigenvalue weighted by molar-refractivity contribution is 5.92. The van der Waals surface area contributed by atoms with E-state index in [1.807, 2.05) is 30.3 Å². The lowest BCUT2D eigenvalue weighted by Crippen LogP contribution is -2.14. The third kappa shape index (κ3) is 4.22. The van der Waals surface area contributed by atoms with Gasteiger partial charge in [-0.1, -0.05) is 30.3 Å². The van der Waals surface area contributed by atoms with Crippen molar-refractivity contribution in [1.29, 1.82) is 0 Å². The number of carbonyl (C=O) groups excluding carboxylic acids is 1. The normalized spacial score (nSPS) is 10.4. The fraction of sp³-hybridized carbons (Fsp3) is 0.0500. The number of halogens is 3. The van der Waals surface area contributed by atoms with Crippen LogP contribution in [0.4, 0.5) is 30.2 Å². The number of anilines is 3. The molecule has 132 valence electrons. The Morgan fingerprint density at radius 2 is 1.42 bits per heavy atom. The summed E-state index contributed by atoms with van der Waals surface area (Å²) in [5, 5.41) is 5.43. The molecule has 0 saturated carbocycles. The monoisotopic (exact) mass is 356 g/mol. The zero-order valence-corrected chi connectivity index (χ0v) is 13.6. The summed E-state index contributed by atoms with van der Waals surface area (Å²) in [6, 6.07) is 17.7. The molecular weight excluding hydrogens is 341 g/mol. The Kier molecular flexibility index (Phi) is 5.22. The van der Waals surface area contributed by atoms with Crippen LogP contribution in [0.3, 0.4) is 0 Å². The van der Waals surface area contributed by atoms with Crippen molar-refractivity contribution in [3.63, 3.8) is 0 Å². The number of nitrogens with one attached hydrogen (secondary N) is 2. The Bertz CT molecular complexity index is 912. The molecular formula is C20H15F3N2O. The van der Waals surface area contributed by atoms with Gasteiger partial charge in [-0.3, -0.25) is 4.79 Å². The zero-order valence-electron chi connectivity index (χ0n) is 13.6. The summed E-state index contributed by atoms with van der Waals surface area (Å²) >= 11 is 0. The van der Waals surface area contributed by atoms with Gasteiger partial charge in [0.25, 0.3) is 0 Å². The molecule has 0 aromatic heterocycles. The molecule has 0 unspecified atom stereocenters. The zero-order chi connectivity index (χ0) is 18.5. The Labute approximate surface area is 148 Å². The molecule has 3 aromatic carbocycles. The van der Waals surface area contributed by atoms with E-state index < -0.39 is 17.5 Å². The SMILES string of the molecule is O=C(Cc1ccccc1)Nc1ccc(Nc2ccc(F)c(F)c2F)cc1. The van der Waals surface area contributed by atoms with Gasteiger partial charge < -0.3 is 10.6 Å². The first-order valence-corrected chi connectivity index (χ1v) is 7.87. The smallest absolute Gasteiger partial charge is 0.228 e. The minimum Gasteiger partial charge on any atom is -0.353 e. The summed E-state index contributed by atoms with van der Waals surface area (Å²) in [4.78, 5) is 12.0. The molecule has 0 aliphatic heterocycles. The van der Waals surface area contributed by atoms with Crippen molar-refractivity contribution in [2.75, 3.05) is 10.6 Å². The highest BCUT2D eigenvalue weighted by Crippen LogP contribution is 2.24.